The van der Waals surface area contributed by atoms with Gasteiger partial charge in [-0.2, -0.15) is 15.5 Å². The first-order chi connectivity index (χ1) is 16.6. The van der Waals surface area contributed by atoms with Crippen LogP contribution in [0.2, 0.25) is 0 Å². The summed E-state index contributed by atoms with van der Waals surface area (Å²) in [4.78, 5) is 13.1. The second-order valence-electron chi connectivity index (χ2n) is 7.71. The predicted molar refractivity (Wildman–Crippen MR) is 128 cm³/mol. The Balaban J connectivity index is 1.52. The Morgan fingerprint density at radius 1 is 1.21 bits per heavy atom. The molecule has 1 amide bonds. The molecule has 2 aromatic heterocycles. The molecule has 4 N–H and O–H groups in total. The van der Waals surface area contributed by atoms with Gasteiger partial charge in [-0.05, 0) is 30.5 Å². The zero-order valence-electron chi connectivity index (χ0n) is 18.8. The van der Waals surface area contributed by atoms with Crippen molar-refractivity contribution in [1.82, 2.24) is 25.3 Å². The average molecular weight is 456 g/mol. The summed E-state index contributed by atoms with van der Waals surface area (Å²) in [6.07, 6.45) is 2.91. The number of aromatic amines is 1. The molecular formula is C25H25N7O2. The molecule has 9 heteroatoms. The Bertz CT molecular complexity index is 1320. The third-order valence-electron chi connectivity index (χ3n) is 5.43. The van der Waals surface area contributed by atoms with Crippen LogP contribution in [-0.2, 0) is 13.0 Å². The lowest BCUT2D eigenvalue weighted by Crippen LogP contribution is -2.25. The average Bonchev–Trinajstić information content (AvgIpc) is 3.45. The fourth-order valence-corrected chi connectivity index (χ4v) is 3.74. The quantitative estimate of drug-likeness (QED) is 0.332. The minimum atomic E-state index is -0.232. The normalized spacial score (nSPS) is 10.6. The van der Waals surface area contributed by atoms with E-state index in [1.807, 2.05) is 60.7 Å². The zero-order chi connectivity index (χ0) is 23.9. The number of anilines is 1. The number of nitrogen functional groups attached to an aromatic ring is 1. The van der Waals surface area contributed by atoms with Gasteiger partial charge in [0.1, 0.15) is 23.1 Å². The number of carbonyl (C=O) groups excluding carboxylic acids is 1. The highest BCUT2D eigenvalue weighted by Crippen LogP contribution is 2.31. The van der Waals surface area contributed by atoms with E-state index in [1.54, 1.807) is 18.0 Å². The molecule has 0 fully saturated rings. The minimum Gasteiger partial charge on any atom is -0.496 e. The summed E-state index contributed by atoms with van der Waals surface area (Å²) < 4.78 is 7.27. The standard InChI is InChI=1S/C25H25N7O2/c1-34-22-12-6-5-10-18(22)23-20(16-32(31-23)15-17-8-3-2-4-9-17)25(33)28-13-7-11-21-19(14-26)24(27)30-29-21/h2-6,8-10,12,16H,7,11,13,15H2,1H3,(H,28,33)(H3,27,29,30). The Labute approximate surface area is 197 Å². The van der Waals surface area contributed by atoms with Crippen molar-refractivity contribution in [1.29, 1.82) is 5.26 Å². The number of nitrogens with one attached hydrogen (secondary N) is 2. The maximum Gasteiger partial charge on any atom is 0.255 e. The lowest BCUT2D eigenvalue weighted by atomic mass is 10.1. The van der Waals surface area contributed by atoms with Crippen LogP contribution in [0.25, 0.3) is 11.3 Å². The molecule has 2 heterocycles. The maximum atomic E-state index is 13.1. The van der Waals surface area contributed by atoms with Crippen molar-refractivity contribution in [3.8, 4) is 23.1 Å². The third-order valence-corrected chi connectivity index (χ3v) is 5.43. The fourth-order valence-electron chi connectivity index (χ4n) is 3.74. The summed E-state index contributed by atoms with van der Waals surface area (Å²) in [5.41, 5.74) is 9.54. The number of aromatic nitrogens is 4. The molecule has 4 aromatic rings. The van der Waals surface area contributed by atoms with Gasteiger partial charge in [-0.25, -0.2) is 0 Å². The van der Waals surface area contributed by atoms with Gasteiger partial charge in [-0.3, -0.25) is 14.6 Å². The Morgan fingerprint density at radius 2 is 1.97 bits per heavy atom. The molecule has 0 saturated heterocycles. The van der Waals surface area contributed by atoms with E-state index in [-0.39, 0.29) is 11.7 Å². The molecule has 0 spiro atoms. The summed E-state index contributed by atoms with van der Waals surface area (Å²) in [7, 11) is 1.59. The van der Waals surface area contributed by atoms with Crippen LogP contribution in [0.4, 0.5) is 5.82 Å². The number of amides is 1. The Hall–Kier alpha value is -4.58. The predicted octanol–water partition coefficient (Wildman–Crippen LogP) is 3.15. The molecule has 0 aliphatic heterocycles. The van der Waals surface area contributed by atoms with Crippen LogP contribution >= 0.6 is 0 Å². The van der Waals surface area contributed by atoms with E-state index in [1.165, 1.54) is 0 Å². The molecule has 2 aromatic carbocycles. The number of hydrogen-bond donors (Lipinski definition) is 3. The number of nitriles is 1. The topological polar surface area (TPSA) is 135 Å². The van der Waals surface area contributed by atoms with Gasteiger partial charge in [0, 0.05) is 18.3 Å². The summed E-state index contributed by atoms with van der Waals surface area (Å²) in [6, 6.07) is 19.5. The highest BCUT2D eigenvalue weighted by Gasteiger charge is 2.20. The molecule has 0 unspecified atom stereocenters. The third kappa shape index (κ3) is 4.91. The van der Waals surface area contributed by atoms with Crippen molar-refractivity contribution < 1.29 is 9.53 Å². The van der Waals surface area contributed by atoms with Crippen LogP contribution in [0.15, 0.2) is 60.8 Å². The number of aryl methyl sites for hydroxylation is 1. The Kier molecular flexibility index (Phi) is 6.89. The van der Waals surface area contributed by atoms with E-state index in [0.29, 0.717) is 54.2 Å². The van der Waals surface area contributed by atoms with E-state index in [0.717, 1.165) is 11.1 Å². The lowest BCUT2D eigenvalue weighted by molar-refractivity contribution is 0.0953. The van der Waals surface area contributed by atoms with E-state index in [4.69, 9.17) is 15.6 Å². The number of ether oxygens (including phenoxy) is 1. The molecule has 4 rings (SSSR count). The van der Waals surface area contributed by atoms with Crippen LogP contribution < -0.4 is 15.8 Å². The minimum absolute atomic E-state index is 0.189. The molecular weight excluding hydrogens is 430 g/mol. The SMILES string of the molecule is COc1ccccc1-c1nn(Cc2ccccc2)cc1C(=O)NCCCc1[nH]nc(N)c1C#N. The molecule has 0 aliphatic carbocycles. The number of methoxy groups -OCH3 is 1. The van der Waals surface area contributed by atoms with Gasteiger partial charge in [0.2, 0.25) is 0 Å². The lowest BCUT2D eigenvalue weighted by Gasteiger charge is -2.08. The summed E-state index contributed by atoms with van der Waals surface area (Å²) >= 11 is 0. The summed E-state index contributed by atoms with van der Waals surface area (Å²) in [5.74, 6) is 0.598. The highest BCUT2D eigenvalue weighted by atomic mass is 16.5. The van der Waals surface area contributed by atoms with E-state index in [2.05, 4.69) is 15.5 Å². The van der Waals surface area contributed by atoms with Gasteiger partial charge in [0.15, 0.2) is 5.82 Å². The van der Waals surface area contributed by atoms with Gasteiger partial charge >= 0.3 is 0 Å². The molecule has 0 saturated carbocycles. The maximum absolute atomic E-state index is 13.1. The molecule has 34 heavy (non-hydrogen) atoms. The molecule has 172 valence electrons. The Morgan fingerprint density at radius 3 is 2.74 bits per heavy atom. The molecule has 0 atom stereocenters. The van der Waals surface area contributed by atoms with Crippen LogP contribution in [0, 0.1) is 11.3 Å². The van der Waals surface area contributed by atoms with Gasteiger partial charge in [0.25, 0.3) is 5.91 Å². The first-order valence-electron chi connectivity index (χ1n) is 10.9. The van der Waals surface area contributed by atoms with Crippen molar-refractivity contribution in [3.05, 3.63) is 83.2 Å². The first-order valence-corrected chi connectivity index (χ1v) is 10.9. The van der Waals surface area contributed by atoms with Gasteiger partial charge < -0.3 is 15.8 Å². The monoisotopic (exact) mass is 455 g/mol. The van der Waals surface area contributed by atoms with Crippen LogP contribution in [0.3, 0.4) is 0 Å². The largest absolute Gasteiger partial charge is 0.496 e. The van der Waals surface area contributed by atoms with Crippen molar-refractivity contribution >= 4 is 11.7 Å². The van der Waals surface area contributed by atoms with E-state index < -0.39 is 0 Å². The second-order valence-corrected chi connectivity index (χ2v) is 7.71. The number of nitrogens with two attached hydrogens (primary N) is 1. The smallest absolute Gasteiger partial charge is 0.255 e. The number of benzene rings is 2. The van der Waals surface area contributed by atoms with Crippen LogP contribution in [0.1, 0.15) is 33.6 Å². The summed E-state index contributed by atoms with van der Waals surface area (Å²) in [6.45, 7) is 0.951. The first kappa shape index (κ1) is 22.6. The highest BCUT2D eigenvalue weighted by molar-refractivity contribution is 6.00. The number of carbonyl (C=O) groups is 1. The zero-order valence-corrected chi connectivity index (χ0v) is 18.8. The molecule has 0 bridgehead atoms. The summed E-state index contributed by atoms with van der Waals surface area (Å²) in [5, 5.41) is 23.5. The van der Waals surface area contributed by atoms with Crippen molar-refractivity contribution in [3.63, 3.8) is 0 Å². The number of H-pyrrole nitrogens is 1. The number of para-hydroxylation sites is 1. The van der Waals surface area contributed by atoms with E-state index >= 15 is 0 Å². The van der Waals surface area contributed by atoms with Gasteiger partial charge in [-0.1, -0.05) is 42.5 Å². The van der Waals surface area contributed by atoms with Gasteiger partial charge in [0.05, 0.1) is 24.9 Å². The van der Waals surface area contributed by atoms with Crippen molar-refractivity contribution in [2.75, 3.05) is 19.4 Å². The number of rotatable bonds is 9. The molecule has 0 radical (unpaired) electrons. The fraction of sp³-hybridized carbons (Fsp3) is 0.200. The number of nitrogens with zero attached hydrogens (tertiary/aromatic N) is 4. The van der Waals surface area contributed by atoms with Gasteiger partial charge in [-0.15, -0.1) is 0 Å². The van der Waals surface area contributed by atoms with Crippen molar-refractivity contribution in [2.45, 2.75) is 19.4 Å². The van der Waals surface area contributed by atoms with Crippen molar-refractivity contribution in [2.24, 2.45) is 0 Å². The van der Waals surface area contributed by atoms with E-state index in [9.17, 15) is 10.1 Å². The second kappa shape index (κ2) is 10.4. The number of hydrogen-bond acceptors (Lipinski definition) is 6. The van der Waals surface area contributed by atoms with Crippen LogP contribution in [-0.4, -0.2) is 39.5 Å². The molecule has 0 aliphatic rings. The van der Waals surface area contributed by atoms with Crippen LogP contribution in [0.5, 0.6) is 5.75 Å². The molecule has 9 nitrogen and oxygen atoms in total.